The van der Waals surface area contributed by atoms with Crippen LogP contribution >= 0.6 is 0 Å². The van der Waals surface area contributed by atoms with Gasteiger partial charge >= 0.3 is 0 Å². The van der Waals surface area contributed by atoms with Gasteiger partial charge in [0.05, 0.1) is 17.6 Å². The molecule has 0 amide bonds. The van der Waals surface area contributed by atoms with E-state index in [0.717, 1.165) is 16.5 Å². The van der Waals surface area contributed by atoms with Crippen molar-refractivity contribution in [3.05, 3.63) is 94.9 Å². The molecule has 0 saturated carbocycles. The first-order valence-electron chi connectivity index (χ1n) is 12.2. The van der Waals surface area contributed by atoms with Gasteiger partial charge in [-0.25, -0.2) is 9.97 Å². The Morgan fingerprint density at radius 2 is 1.87 bits per heavy atom. The molecule has 11 nitrogen and oxygen atoms in total. The largest absolute Gasteiger partial charge is 0.425 e. The van der Waals surface area contributed by atoms with Gasteiger partial charge in [-0.1, -0.05) is 36.4 Å². The summed E-state index contributed by atoms with van der Waals surface area (Å²) < 4.78 is 8.56. The van der Waals surface area contributed by atoms with Crippen LogP contribution in [0.1, 0.15) is 31.1 Å². The quantitative estimate of drug-likeness (QED) is 0.192. The number of nitrogen functional groups attached to an aromatic ring is 1. The van der Waals surface area contributed by atoms with Crippen LogP contribution in [0, 0.1) is 10.8 Å². The minimum Gasteiger partial charge on any atom is -0.425 e. The van der Waals surface area contributed by atoms with Crippen LogP contribution in [0.2, 0.25) is 0 Å². The van der Waals surface area contributed by atoms with Gasteiger partial charge in [-0.3, -0.25) is 24.9 Å². The summed E-state index contributed by atoms with van der Waals surface area (Å²) in [6, 6.07) is 16.6. The molecule has 0 radical (unpaired) electrons. The molecule has 0 saturated heterocycles. The number of aryl methyl sites for hydroxylation is 1. The van der Waals surface area contributed by atoms with Crippen molar-refractivity contribution in [1.82, 2.24) is 24.3 Å². The van der Waals surface area contributed by atoms with E-state index >= 15 is 0 Å². The highest BCUT2D eigenvalue weighted by Crippen LogP contribution is 2.30. The van der Waals surface area contributed by atoms with E-state index in [1.165, 1.54) is 13.3 Å². The highest BCUT2D eigenvalue weighted by atomic mass is 16.5. The molecule has 5 aromatic rings. The predicted molar refractivity (Wildman–Crippen MR) is 152 cm³/mol. The van der Waals surface area contributed by atoms with Crippen LogP contribution in [-0.2, 0) is 11.8 Å². The van der Waals surface area contributed by atoms with E-state index in [0.29, 0.717) is 16.8 Å². The molecule has 1 atom stereocenters. The molecule has 11 heteroatoms. The molecule has 3 heterocycles. The van der Waals surface area contributed by atoms with Crippen LogP contribution in [0.25, 0.3) is 27.6 Å². The zero-order chi connectivity index (χ0) is 27.7. The van der Waals surface area contributed by atoms with Crippen LogP contribution in [-0.4, -0.2) is 36.1 Å². The Labute approximate surface area is 223 Å². The number of rotatable bonds is 6. The highest BCUT2D eigenvalue weighted by molar-refractivity contribution is 6.05. The van der Waals surface area contributed by atoms with Gasteiger partial charge in [-0.2, -0.15) is 5.10 Å². The average molecular weight is 522 g/mol. The summed E-state index contributed by atoms with van der Waals surface area (Å²) in [5.41, 5.74) is 9.02. The Hall–Kier alpha value is -5.32. The first kappa shape index (κ1) is 25.3. The van der Waals surface area contributed by atoms with Crippen molar-refractivity contribution in [2.75, 3.05) is 11.1 Å². The average Bonchev–Trinajstić information content (AvgIpc) is 3.34. The Balaban J connectivity index is 1.69. The summed E-state index contributed by atoms with van der Waals surface area (Å²) >= 11 is 0. The molecule has 0 bridgehead atoms. The third-order valence-corrected chi connectivity index (χ3v) is 6.26. The number of nitrogens with two attached hydrogens (primary N) is 1. The lowest BCUT2D eigenvalue weighted by atomic mass is 9.99. The minimum absolute atomic E-state index is 0.0334. The van der Waals surface area contributed by atoms with Crippen molar-refractivity contribution in [3.8, 4) is 16.8 Å². The van der Waals surface area contributed by atoms with Crippen molar-refractivity contribution >= 4 is 34.2 Å². The molecule has 5 N–H and O–H groups in total. The van der Waals surface area contributed by atoms with Gasteiger partial charge in [0, 0.05) is 37.1 Å². The second-order valence-corrected chi connectivity index (χ2v) is 9.05. The number of hydrogen-bond donors (Lipinski definition) is 4. The van der Waals surface area contributed by atoms with E-state index in [9.17, 15) is 4.79 Å². The molecule has 0 spiro atoms. The van der Waals surface area contributed by atoms with Crippen LogP contribution in [0.3, 0.4) is 0 Å². The maximum absolute atomic E-state index is 14.2. The second-order valence-electron chi connectivity index (χ2n) is 9.05. The fourth-order valence-corrected chi connectivity index (χ4v) is 4.56. The first-order chi connectivity index (χ1) is 18.7. The number of benzene rings is 2. The summed E-state index contributed by atoms with van der Waals surface area (Å²) in [5, 5.41) is 24.8. The smallest absolute Gasteiger partial charge is 0.263 e. The van der Waals surface area contributed by atoms with E-state index in [1.807, 2.05) is 74.8 Å². The lowest BCUT2D eigenvalue weighted by Gasteiger charge is -2.23. The fraction of sp³-hybridized carbons (Fsp3) is 0.143. The molecule has 196 valence electrons. The van der Waals surface area contributed by atoms with Crippen molar-refractivity contribution in [1.29, 1.82) is 10.8 Å². The molecule has 5 rings (SSSR count). The van der Waals surface area contributed by atoms with Gasteiger partial charge in [-0.05, 0) is 36.1 Å². The Bertz CT molecular complexity index is 1770. The van der Waals surface area contributed by atoms with Crippen LogP contribution < -0.4 is 16.6 Å². The maximum atomic E-state index is 14.2. The lowest BCUT2D eigenvalue weighted by molar-refractivity contribution is 0.532. The van der Waals surface area contributed by atoms with Crippen molar-refractivity contribution in [2.45, 2.75) is 19.9 Å². The van der Waals surface area contributed by atoms with Crippen LogP contribution in [0.5, 0.6) is 0 Å². The number of nitrogens with zero attached hydrogens (tertiary/aromatic N) is 5. The fourth-order valence-electron chi connectivity index (χ4n) is 4.56. The topological polar surface area (TPSA) is 161 Å². The predicted octanol–water partition coefficient (Wildman–Crippen LogP) is 4.28. The molecule has 0 unspecified atom stereocenters. The summed E-state index contributed by atoms with van der Waals surface area (Å²) in [6.45, 7) is 3.30. The number of para-hydroxylation sites is 1. The second kappa shape index (κ2) is 10.2. The highest BCUT2D eigenvalue weighted by Gasteiger charge is 2.22. The van der Waals surface area contributed by atoms with Crippen molar-refractivity contribution in [2.24, 2.45) is 7.05 Å². The summed E-state index contributed by atoms with van der Waals surface area (Å²) in [6.07, 6.45) is 4.91. The van der Waals surface area contributed by atoms with Crippen LogP contribution in [0.4, 0.5) is 11.6 Å². The van der Waals surface area contributed by atoms with Crippen molar-refractivity contribution in [3.63, 3.8) is 0 Å². The van der Waals surface area contributed by atoms with E-state index in [1.54, 1.807) is 15.4 Å². The minimum atomic E-state index is -0.466. The van der Waals surface area contributed by atoms with E-state index in [2.05, 4.69) is 20.4 Å². The lowest BCUT2D eigenvalue weighted by Crippen LogP contribution is -2.26. The number of fused-ring (bicyclic) bond motifs is 1. The zero-order valence-corrected chi connectivity index (χ0v) is 21.6. The molecule has 2 aromatic carbocycles. The summed E-state index contributed by atoms with van der Waals surface area (Å²) in [5.74, 6) is -0.238. The number of nitrogens with one attached hydrogen (secondary N) is 3. The van der Waals surface area contributed by atoms with Crippen LogP contribution in [0.15, 0.2) is 78.1 Å². The van der Waals surface area contributed by atoms with Gasteiger partial charge in [0.15, 0.2) is 5.90 Å². The standard InChI is InChI=1S/C28H27N9O2/c1-16(35-27-24(25(30)32-15-33-27)26(31)39-17(2)29)22-12-18-8-7-11-21(19-13-34-36(3)14-19)23(18)28(38)37(22)20-9-5-4-6-10-20/h4-16,29,31H,1-3H3,(H3,30,32,33,35)/t16-/m0/s1. The summed E-state index contributed by atoms with van der Waals surface area (Å²) in [4.78, 5) is 22.5. The maximum Gasteiger partial charge on any atom is 0.263 e. The normalized spacial score (nSPS) is 11.8. The number of hydrogen-bond acceptors (Lipinski definition) is 9. The van der Waals surface area contributed by atoms with E-state index in [-0.39, 0.29) is 34.6 Å². The molecule has 0 fully saturated rings. The van der Waals surface area contributed by atoms with Gasteiger partial charge in [0.2, 0.25) is 5.90 Å². The number of aromatic nitrogens is 5. The van der Waals surface area contributed by atoms with E-state index < -0.39 is 6.04 Å². The number of ether oxygens (including phenoxy) is 1. The Morgan fingerprint density at radius 1 is 1.10 bits per heavy atom. The van der Waals surface area contributed by atoms with Gasteiger partial charge in [0.1, 0.15) is 23.5 Å². The van der Waals surface area contributed by atoms with E-state index in [4.69, 9.17) is 21.3 Å². The molecule has 0 aliphatic heterocycles. The first-order valence-corrected chi connectivity index (χ1v) is 12.2. The van der Waals surface area contributed by atoms with Gasteiger partial charge in [0.25, 0.3) is 5.56 Å². The molecule has 0 aliphatic carbocycles. The molecule has 39 heavy (non-hydrogen) atoms. The van der Waals surface area contributed by atoms with Crippen molar-refractivity contribution < 1.29 is 4.74 Å². The monoisotopic (exact) mass is 521 g/mol. The molecule has 3 aromatic heterocycles. The molecular weight excluding hydrogens is 494 g/mol. The molecule has 0 aliphatic rings. The van der Waals surface area contributed by atoms with Gasteiger partial charge < -0.3 is 15.8 Å². The number of anilines is 2. The third kappa shape index (κ3) is 4.85. The molecular formula is C28H27N9O2. The number of pyridine rings is 1. The van der Waals surface area contributed by atoms with Gasteiger partial charge in [-0.15, -0.1) is 0 Å². The Morgan fingerprint density at radius 3 is 2.56 bits per heavy atom. The summed E-state index contributed by atoms with van der Waals surface area (Å²) in [7, 11) is 1.84. The SMILES string of the molecule is CC(=N)OC(=N)c1c(N)ncnc1N[C@@H](C)c1cc2cccc(-c3cnn(C)c3)c2c(=O)n1-c1ccccc1. The zero-order valence-electron chi connectivity index (χ0n) is 21.6. The Kier molecular flexibility index (Phi) is 6.63. The third-order valence-electron chi connectivity index (χ3n) is 6.26.